The highest BCUT2D eigenvalue weighted by molar-refractivity contribution is 5.70. The van der Waals surface area contributed by atoms with Crippen LogP contribution in [-0.4, -0.2) is 12.6 Å². The topological polar surface area (TPSA) is 38.3 Å². The number of carbonyl (C=O) groups excluding carboxylic acids is 1. The van der Waals surface area contributed by atoms with Crippen molar-refractivity contribution in [2.75, 3.05) is 6.54 Å². The first-order chi connectivity index (χ1) is 9.76. The summed E-state index contributed by atoms with van der Waals surface area (Å²) in [4.78, 5) is 11.6. The number of ether oxygens (including phenoxy) is 1. The average molecular weight is 277 g/mol. The Kier molecular flexibility index (Phi) is 8.52. The number of rotatable bonds is 9. The molecule has 3 nitrogen and oxygen atoms in total. The molecule has 0 aliphatic carbocycles. The third-order valence-corrected chi connectivity index (χ3v) is 3.32. The van der Waals surface area contributed by atoms with Crippen molar-refractivity contribution in [2.45, 2.75) is 58.8 Å². The highest BCUT2D eigenvalue weighted by atomic mass is 16.5. The zero-order valence-electron chi connectivity index (χ0n) is 12.8. The minimum atomic E-state index is -0.355. The van der Waals surface area contributed by atoms with Crippen molar-refractivity contribution in [3.05, 3.63) is 29.8 Å². The Balaban J connectivity index is 2.13. The van der Waals surface area contributed by atoms with E-state index in [0.717, 1.165) is 12.8 Å². The van der Waals surface area contributed by atoms with Crippen molar-refractivity contribution in [2.24, 2.45) is 0 Å². The molecular weight excluding hydrogens is 250 g/mol. The fourth-order valence-corrected chi connectivity index (χ4v) is 2.07. The third-order valence-electron chi connectivity index (χ3n) is 3.32. The van der Waals surface area contributed by atoms with E-state index in [1.54, 1.807) is 0 Å². The van der Waals surface area contributed by atoms with E-state index in [1.165, 1.54) is 37.7 Å². The molecule has 0 saturated heterocycles. The number of hydrogen-bond donors (Lipinski definition) is 1. The predicted molar refractivity (Wildman–Crippen MR) is 83.2 cm³/mol. The first-order valence-electron chi connectivity index (χ1n) is 7.81. The van der Waals surface area contributed by atoms with Gasteiger partial charge in [-0.1, -0.05) is 58.1 Å². The van der Waals surface area contributed by atoms with E-state index in [2.05, 4.69) is 19.2 Å². The van der Waals surface area contributed by atoms with E-state index in [-0.39, 0.29) is 6.09 Å². The maximum absolute atomic E-state index is 11.6. The van der Waals surface area contributed by atoms with E-state index in [4.69, 9.17) is 4.74 Å². The number of aryl methyl sites for hydroxylation is 1. The van der Waals surface area contributed by atoms with Gasteiger partial charge < -0.3 is 10.1 Å². The second-order valence-electron chi connectivity index (χ2n) is 5.09. The summed E-state index contributed by atoms with van der Waals surface area (Å²) in [5.41, 5.74) is 1.17. The van der Waals surface area contributed by atoms with Crippen LogP contribution in [0.5, 0.6) is 5.75 Å². The van der Waals surface area contributed by atoms with Crippen LogP contribution < -0.4 is 10.1 Å². The van der Waals surface area contributed by atoms with Crippen LogP contribution in [0.1, 0.15) is 57.9 Å². The number of hydrogen-bond acceptors (Lipinski definition) is 2. The van der Waals surface area contributed by atoms with Gasteiger partial charge in [0.05, 0.1) is 0 Å². The van der Waals surface area contributed by atoms with Gasteiger partial charge in [-0.15, -0.1) is 0 Å². The van der Waals surface area contributed by atoms with Crippen molar-refractivity contribution < 1.29 is 9.53 Å². The van der Waals surface area contributed by atoms with Crippen LogP contribution in [0.3, 0.4) is 0 Å². The highest BCUT2D eigenvalue weighted by Gasteiger charge is 2.03. The number of unbranched alkanes of at least 4 members (excludes halogenated alkanes) is 5. The Morgan fingerprint density at radius 1 is 1.10 bits per heavy atom. The Bertz CT molecular complexity index is 390. The monoisotopic (exact) mass is 277 g/mol. The molecule has 0 unspecified atom stereocenters. The van der Waals surface area contributed by atoms with E-state index in [9.17, 15) is 4.79 Å². The lowest BCUT2D eigenvalue weighted by atomic mass is 10.1. The largest absolute Gasteiger partial charge is 0.412 e. The normalized spacial score (nSPS) is 10.3. The van der Waals surface area contributed by atoms with Crippen molar-refractivity contribution >= 4 is 6.09 Å². The molecule has 0 radical (unpaired) electrons. The van der Waals surface area contributed by atoms with Crippen LogP contribution in [0.4, 0.5) is 4.79 Å². The zero-order valence-corrected chi connectivity index (χ0v) is 12.8. The minimum absolute atomic E-state index is 0.355. The Labute approximate surface area is 122 Å². The van der Waals surface area contributed by atoms with Gasteiger partial charge >= 0.3 is 6.09 Å². The quantitative estimate of drug-likeness (QED) is 0.664. The standard InChI is InChI=1S/C17H27NO2/c1-3-5-6-7-8-9-13-18-17(19)20-16-12-10-11-15(4-2)14-16/h10-12,14H,3-9,13H2,1-2H3,(H,18,19). The van der Waals surface area contributed by atoms with Gasteiger partial charge in [-0.25, -0.2) is 4.79 Å². The SMILES string of the molecule is CCCCCCCCNC(=O)Oc1cccc(CC)c1. The molecule has 0 aromatic heterocycles. The Morgan fingerprint density at radius 2 is 1.85 bits per heavy atom. The summed E-state index contributed by atoms with van der Waals surface area (Å²) in [5, 5.41) is 2.80. The number of benzene rings is 1. The van der Waals surface area contributed by atoms with Crippen LogP contribution in [0, 0.1) is 0 Å². The minimum Gasteiger partial charge on any atom is -0.410 e. The van der Waals surface area contributed by atoms with Gasteiger partial charge in [-0.3, -0.25) is 0 Å². The van der Waals surface area contributed by atoms with E-state index >= 15 is 0 Å². The average Bonchev–Trinajstić information content (AvgIpc) is 2.46. The lowest BCUT2D eigenvalue weighted by molar-refractivity contribution is 0.200. The molecule has 3 heteroatoms. The van der Waals surface area contributed by atoms with Crippen LogP contribution >= 0.6 is 0 Å². The van der Waals surface area contributed by atoms with E-state index in [1.807, 2.05) is 24.3 Å². The molecule has 112 valence electrons. The number of nitrogens with one attached hydrogen (secondary N) is 1. The predicted octanol–water partition coefficient (Wildman–Crippen LogP) is 4.70. The molecule has 1 aromatic carbocycles. The third kappa shape index (κ3) is 7.17. The van der Waals surface area contributed by atoms with Crippen molar-refractivity contribution in [3.63, 3.8) is 0 Å². The summed E-state index contributed by atoms with van der Waals surface area (Å²) >= 11 is 0. The van der Waals surface area contributed by atoms with E-state index < -0.39 is 0 Å². The van der Waals surface area contributed by atoms with Gasteiger partial charge in [0.25, 0.3) is 0 Å². The molecule has 0 bridgehead atoms. The molecule has 0 heterocycles. The van der Waals surface area contributed by atoms with Crippen LogP contribution in [0.25, 0.3) is 0 Å². The zero-order chi connectivity index (χ0) is 14.6. The summed E-state index contributed by atoms with van der Waals surface area (Å²) in [7, 11) is 0. The summed E-state index contributed by atoms with van der Waals surface area (Å²) in [6.45, 7) is 4.99. The summed E-state index contributed by atoms with van der Waals surface area (Å²) in [6, 6.07) is 7.66. The van der Waals surface area contributed by atoms with Gasteiger partial charge in [-0.2, -0.15) is 0 Å². The first-order valence-corrected chi connectivity index (χ1v) is 7.81. The molecule has 0 atom stereocenters. The van der Waals surface area contributed by atoms with Crippen LogP contribution in [0.2, 0.25) is 0 Å². The first kappa shape index (κ1) is 16.5. The summed E-state index contributed by atoms with van der Waals surface area (Å²) in [6.07, 6.45) is 7.90. The van der Waals surface area contributed by atoms with E-state index in [0.29, 0.717) is 12.3 Å². The molecule has 1 amide bonds. The second kappa shape index (κ2) is 10.3. The molecule has 0 spiro atoms. The van der Waals surface area contributed by atoms with Crippen LogP contribution in [-0.2, 0) is 6.42 Å². The maximum Gasteiger partial charge on any atom is 0.412 e. The molecular formula is C17H27NO2. The summed E-state index contributed by atoms with van der Waals surface area (Å²) < 4.78 is 5.25. The van der Waals surface area contributed by atoms with Crippen molar-refractivity contribution in [3.8, 4) is 5.75 Å². The van der Waals surface area contributed by atoms with Crippen LogP contribution in [0.15, 0.2) is 24.3 Å². The molecule has 1 aromatic rings. The highest BCUT2D eigenvalue weighted by Crippen LogP contribution is 2.13. The number of carbonyl (C=O) groups is 1. The molecule has 1 rings (SSSR count). The van der Waals surface area contributed by atoms with Gasteiger partial charge in [0.2, 0.25) is 0 Å². The summed E-state index contributed by atoms with van der Waals surface area (Å²) in [5.74, 6) is 0.616. The van der Waals surface area contributed by atoms with Gasteiger partial charge in [0, 0.05) is 6.54 Å². The number of amides is 1. The molecule has 0 aliphatic heterocycles. The molecule has 1 N–H and O–H groups in total. The van der Waals surface area contributed by atoms with Crippen molar-refractivity contribution in [1.82, 2.24) is 5.32 Å². The van der Waals surface area contributed by atoms with Gasteiger partial charge in [0.15, 0.2) is 0 Å². The molecule has 0 saturated carbocycles. The maximum atomic E-state index is 11.6. The lowest BCUT2D eigenvalue weighted by Gasteiger charge is -2.07. The molecule has 0 fully saturated rings. The second-order valence-corrected chi connectivity index (χ2v) is 5.09. The lowest BCUT2D eigenvalue weighted by Crippen LogP contribution is -2.27. The van der Waals surface area contributed by atoms with Gasteiger partial charge in [-0.05, 0) is 30.5 Å². The fourth-order valence-electron chi connectivity index (χ4n) is 2.07. The Hall–Kier alpha value is -1.51. The molecule has 0 aliphatic rings. The smallest absolute Gasteiger partial charge is 0.410 e. The van der Waals surface area contributed by atoms with Crippen molar-refractivity contribution in [1.29, 1.82) is 0 Å². The molecule has 20 heavy (non-hydrogen) atoms. The fraction of sp³-hybridized carbons (Fsp3) is 0.588. The van der Waals surface area contributed by atoms with Gasteiger partial charge in [0.1, 0.15) is 5.75 Å². The Morgan fingerprint density at radius 3 is 2.60 bits per heavy atom.